The Balaban J connectivity index is 1.48. The van der Waals surface area contributed by atoms with E-state index in [4.69, 9.17) is 5.26 Å². The first-order valence-electron chi connectivity index (χ1n) is 10.4. The summed E-state index contributed by atoms with van der Waals surface area (Å²) in [6.07, 6.45) is 1.14. The molecular weight excluding hydrogens is 449 g/mol. The fourth-order valence-corrected chi connectivity index (χ4v) is 3.75. The summed E-state index contributed by atoms with van der Waals surface area (Å²) in [5, 5.41) is 20.3. The number of aromatic nitrogens is 6. The number of rotatable bonds is 5. The number of carbonyl (C=O) groups is 1. The largest absolute Gasteiger partial charge is 0.416 e. The van der Waals surface area contributed by atoms with Crippen LogP contribution in [0, 0.1) is 11.3 Å². The van der Waals surface area contributed by atoms with E-state index in [1.54, 1.807) is 23.7 Å². The van der Waals surface area contributed by atoms with E-state index in [2.05, 4.69) is 25.5 Å². The Kier molecular flexibility index (Phi) is 5.04. The van der Waals surface area contributed by atoms with Gasteiger partial charge in [-0.2, -0.15) is 33.3 Å². The van der Waals surface area contributed by atoms with Crippen LogP contribution < -0.4 is 5.32 Å². The molecule has 1 amide bonds. The van der Waals surface area contributed by atoms with Crippen molar-refractivity contribution >= 4 is 16.8 Å². The van der Waals surface area contributed by atoms with Gasteiger partial charge in [-0.05, 0) is 44.0 Å². The molecule has 5 rings (SSSR count). The van der Waals surface area contributed by atoms with Gasteiger partial charge in [-0.1, -0.05) is 0 Å². The number of carbonyl (C=O) groups excluding carboxylic acids is 1. The highest BCUT2D eigenvalue weighted by Crippen LogP contribution is 2.39. The molecule has 0 aliphatic heterocycles. The van der Waals surface area contributed by atoms with Crippen molar-refractivity contribution in [1.29, 1.82) is 5.26 Å². The van der Waals surface area contributed by atoms with Crippen LogP contribution in [0.5, 0.6) is 0 Å². The van der Waals surface area contributed by atoms with Gasteiger partial charge in [0.05, 0.1) is 40.5 Å². The quantitative estimate of drug-likeness (QED) is 0.479. The van der Waals surface area contributed by atoms with Crippen molar-refractivity contribution in [1.82, 2.24) is 34.8 Å². The second kappa shape index (κ2) is 7.95. The molecule has 1 aliphatic carbocycles. The van der Waals surface area contributed by atoms with Crippen LogP contribution in [0.15, 0.2) is 43.0 Å². The van der Waals surface area contributed by atoms with Crippen LogP contribution in [-0.4, -0.2) is 35.4 Å². The number of hydrogen-bond acceptors (Lipinski definition) is 6. The molecule has 9 nitrogen and oxygen atoms in total. The van der Waals surface area contributed by atoms with Crippen molar-refractivity contribution in [2.45, 2.75) is 38.0 Å². The van der Waals surface area contributed by atoms with Crippen LogP contribution in [0.25, 0.3) is 16.7 Å². The second-order valence-electron chi connectivity index (χ2n) is 8.02. The van der Waals surface area contributed by atoms with Gasteiger partial charge in [0.15, 0.2) is 11.6 Å². The topological polar surface area (TPSA) is 114 Å². The minimum absolute atomic E-state index is 0.0503. The molecule has 12 heteroatoms. The number of alkyl halides is 3. The molecule has 3 heterocycles. The number of fused-ring (bicyclic) bond motifs is 1. The molecule has 34 heavy (non-hydrogen) atoms. The van der Waals surface area contributed by atoms with Gasteiger partial charge in [0.2, 0.25) is 0 Å². The smallest absolute Gasteiger partial charge is 0.342 e. The molecule has 172 valence electrons. The Morgan fingerprint density at radius 3 is 2.65 bits per heavy atom. The van der Waals surface area contributed by atoms with Crippen LogP contribution >= 0.6 is 0 Å². The lowest BCUT2D eigenvalue weighted by atomic mass is 10.0. The molecule has 1 fully saturated rings. The third kappa shape index (κ3) is 3.85. The highest BCUT2D eigenvalue weighted by Gasteiger charge is 2.34. The molecule has 1 atom stereocenters. The average Bonchev–Trinajstić information content (AvgIpc) is 3.37. The van der Waals surface area contributed by atoms with Gasteiger partial charge in [0, 0.05) is 11.6 Å². The molecule has 1 saturated carbocycles. The van der Waals surface area contributed by atoms with Gasteiger partial charge in [-0.15, -0.1) is 0 Å². The lowest BCUT2D eigenvalue weighted by Gasteiger charge is -2.16. The molecule has 0 radical (unpaired) electrons. The molecule has 1 aromatic carbocycles. The van der Waals surface area contributed by atoms with Crippen molar-refractivity contribution in [2.75, 3.05) is 0 Å². The van der Waals surface area contributed by atoms with Crippen LogP contribution in [0.4, 0.5) is 13.2 Å². The Morgan fingerprint density at radius 1 is 1.21 bits per heavy atom. The molecule has 3 aromatic heterocycles. The third-order valence-electron chi connectivity index (χ3n) is 5.58. The normalized spacial score (nSPS) is 14.7. The number of benzene rings is 1. The van der Waals surface area contributed by atoms with Crippen LogP contribution in [-0.2, 0) is 6.18 Å². The van der Waals surface area contributed by atoms with E-state index in [9.17, 15) is 18.0 Å². The lowest BCUT2D eigenvalue weighted by molar-refractivity contribution is -0.137. The number of nitrogens with zero attached hydrogens (tertiary/aromatic N) is 7. The lowest BCUT2D eigenvalue weighted by Crippen LogP contribution is -2.29. The van der Waals surface area contributed by atoms with Crippen LogP contribution in [0.1, 0.15) is 59.2 Å². The highest BCUT2D eigenvalue weighted by molar-refractivity contribution is 6.06. The first-order valence-corrected chi connectivity index (χ1v) is 10.4. The first-order chi connectivity index (χ1) is 16.3. The maximum absolute atomic E-state index is 13.6. The van der Waals surface area contributed by atoms with Crippen LogP contribution in [0.2, 0.25) is 0 Å². The van der Waals surface area contributed by atoms with Gasteiger partial charge >= 0.3 is 6.18 Å². The van der Waals surface area contributed by atoms with Gasteiger partial charge in [-0.25, -0.2) is 9.97 Å². The summed E-state index contributed by atoms with van der Waals surface area (Å²) in [5.41, 5.74) is -0.386. The van der Waals surface area contributed by atoms with Gasteiger partial charge in [0.1, 0.15) is 12.4 Å². The van der Waals surface area contributed by atoms with Gasteiger partial charge in [0.25, 0.3) is 5.91 Å². The van der Waals surface area contributed by atoms with E-state index in [0.717, 1.165) is 25.0 Å². The predicted octanol–water partition coefficient (Wildman–Crippen LogP) is 3.73. The van der Waals surface area contributed by atoms with Crippen molar-refractivity contribution < 1.29 is 18.0 Å². The third-order valence-corrected chi connectivity index (χ3v) is 5.58. The van der Waals surface area contributed by atoms with E-state index in [-0.39, 0.29) is 17.1 Å². The van der Waals surface area contributed by atoms with Crippen LogP contribution in [0.3, 0.4) is 0 Å². The molecular formula is C22H17F3N8O. The molecule has 0 spiro atoms. The van der Waals surface area contributed by atoms with E-state index in [1.807, 2.05) is 6.07 Å². The Labute approximate surface area is 190 Å². The summed E-state index contributed by atoms with van der Waals surface area (Å²) in [7, 11) is 0. The molecule has 0 bridgehead atoms. The Morgan fingerprint density at radius 2 is 2.00 bits per heavy atom. The molecule has 0 saturated heterocycles. The van der Waals surface area contributed by atoms with E-state index >= 15 is 0 Å². The SMILES string of the molecule is C[C@H](NC(=O)c1cc(C(F)(F)F)cc2c1cnn2C1CC1)c1ncnn1-c1ccc(C#N)cn1. The minimum atomic E-state index is -4.62. The average molecular weight is 466 g/mol. The van der Waals surface area contributed by atoms with Crippen molar-refractivity contribution in [3.63, 3.8) is 0 Å². The van der Waals surface area contributed by atoms with E-state index in [0.29, 0.717) is 22.6 Å². The molecule has 1 N–H and O–H groups in total. The summed E-state index contributed by atoms with van der Waals surface area (Å²) in [4.78, 5) is 21.5. The van der Waals surface area contributed by atoms with Crippen molar-refractivity contribution in [3.8, 4) is 11.9 Å². The standard InChI is InChI=1S/C22H17F3N8O/c1-12(20-28-11-30-33(20)19-5-2-13(8-26)9-27-19)31-21(34)16-6-14(22(23,24)25)7-18-17(16)10-29-32(18)15-3-4-15/h2,5-7,9-12,15H,3-4H2,1H3,(H,31,34)/t12-/m0/s1. The molecule has 4 aromatic rings. The summed E-state index contributed by atoms with van der Waals surface area (Å²) in [6, 6.07) is 6.33. The zero-order valence-corrected chi connectivity index (χ0v) is 17.8. The number of nitriles is 1. The van der Waals surface area contributed by atoms with Crippen molar-refractivity contribution in [3.05, 3.63) is 65.5 Å². The fourth-order valence-electron chi connectivity index (χ4n) is 3.75. The highest BCUT2D eigenvalue weighted by atomic mass is 19.4. The number of amides is 1. The van der Waals surface area contributed by atoms with Gasteiger partial charge < -0.3 is 5.32 Å². The molecule has 1 aliphatic rings. The monoisotopic (exact) mass is 466 g/mol. The first kappa shape index (κ1) is 21.6. The number of pyridine rings is 1. The maximum Gasteiger partial charge on any atom is 0.416 e. The zero-order valence-electron chi connectivity index (χ0n) is 17.8. The molecule has 0 unspecified atom stereocenters. The van der Waals surface area contributed by atoms with E-state index in [1.165, 1.54) is 23.4 Å². The number of nitrogens with one attached hydrogen (secondary N) is 1. The fraction of sp³-hybridized carbons (Fsp3) is 0.273. The Bertz CT molecular complexity index is 1430. The number of hydrogen-bond donors (Lipinski definition) is 1. The summed E-state index contributed by atoms with van der Waals surface area (Å²) >= 11 is 0. The summed E-state index contributed by atoms with van der Waals surface area (Å²) in [5.74, 6) is 0.00325. The zero-order chi connectivity index (χ0) is 24.0. The Hall–Kier alpha value is -4.27. The van der Waals surface area contributed by atoms with Gasteiger partial charge in [-0.3, -0.25) is 9.48 Å². The van der Waals surface area contributed by atoms with E-state index < -0.39 is 23.7 Å². The maximum atomic E-state index is 13.6. The second-order valence-corrected chi connectivity index (χ2v) is 8.02. The summed E-state index contributed by atoms with van der Waals surface area (Å²) < 4.78 is 43.7. The predicted molar refractivity (Wildman–Crippen MR) is 113 cm³/mol. The number of halogens is 3. The summed E-state index contributed by atoms with van der Waals surface area (Å²) in [6.45, 7) is 1.64. The minimum Gasteiger partial charge on any atom is -0.342 e. The van der Waals surface area contributed by atoms with Crippen molar-refractivity contribution in [2.24, 2.45) is 0 Å².